The lowest BCUT2D eigenvalue weighted by molar-refractivity contribution is 0.678. The van der Waals surface area contributed by atoms with Gasteiger partial charge < -0.3 is 4.90 Å². The Morgan fingerprint density at radius 1 is 0.917 bits per heavy atom. The van der Waals surface area contributed by atoms with Crippen LogP contribution in [0.25, 0.3) is 0 Å². The molecule has 0 amide bonds. The summed E-state index contributed by atoms with van der Waals surface area (Å²) >= 11 is 0. The molecule has 0 saturated carbocycles. The Labute approximate surface area is 146 Å². The quantitative estimate of drug-likeness (QED) is 0.509. The molecule has 0 bridgehead atoms. The fourth-order valence-corrected chi connectivity index (χ4v) is 2.90. The van der Waals surface area contributed by atoms with Gasteiger partial charge in [-0.2, -0.15) is 5.11 Å². The summed E-state index contributed by atoms with van der Waals surface area (Å²) in [7, 11) is 0. The summed E-state index contributed by atoms with van der Waals surface area (Å²) in [6.07, 6.45) is 5.66. The molecule has 2 aromatic carbocycles. The number of anilines is 1. The van der Waals surface area contributed by atoms with Gasteiger partial charge in [-0.25, -0.2) is 5.53 Å². The molecule has 0 heterocycles. The molecule has 0 aliphatic rings. The van der Waals surface area contributed by atoms with Gasteiger partial charge in [-0.15, -0.1) is 0 Å². The molecule has 1 N–H and O–H groups in total. The van der Waals surface area contributed by atoms with Crippen LogP contribution in [-0.4, -0.2) is 13.1 Å². The standard InChI is InChI=1S/C21H29N3/c1-3-5-14-24(15-6-4-2)20-12-13-21(23-22)19(17-20)16-18-10-8-7-9-11-18/h7-13,17,22H,3-6,14-16H2,1-2H3. The summed E-state index contributed by atoms with van der Waals surface area (Å²) in [5, 5.41) is 3.72. The van der Waals surface area contributed by atoms with Crippen molar-refractivity contribution in [1.82, 2.24) is 0 Å². The zero-order valence-corrected chi connectivity index (χ0v) is 15.0. The van der Waals surface area contributed by atoms with Gasteiger partial charge in [0.2, 0.25) is 0 Å². The Balaban J connectivity index is 2.25. The van der Waals surface area contributed by atoms with Crippen LogP contribution >= 0.6 is 0 Å². The van der Waals surface area contributed by atoms with Crippen LogP contribution in [0.15, 0.2) is 53.6 Å². The summed E-state index contributed by atoms with van der Waals surface area (Å²) in [6, 6.07) is 16.8. The Hall–Kier alpha value is -2.16. The third kappa shape index (κ3) is 5.19. The lowest BCUT2D eigenvalue weighted by atomic mass is 10.0. The maximum Gasteiger partial charge on any atom is 0.0886 e. The van der Waals surface area contributed by atoms with Gasteiger partial charge in [0.15, 0.2) is 0 Å². The Kier molecular flexibility index (Phi) is 7.47. The molecule has 2 rings (SSSR count). The van der Waals surface area contributed by atoms with Crippen molar-refractivity contribution in [2.45, 2.75) is 46.0 Å². The molecule has 24 heavy (non-hydrogen) atoms. The number of nitrogens with zero attached hydrogens (tertiary/aromatic N) is 2. The molecular formula is C21H29N3. The third-order valence-electron chi connectivity index (χ3n) is 4.35. The highest BCUT2D eigenvalue weighted by Crippen LogP contribution is 2.28. The van der Waals surface area contributed by atoms with Crippen LogP contribution in [0.3, 0.4) is 0 Å². The molecule has 0 fully saturated rings. The van der Waals surface area contributed by atoms with Crippen LogP contribution < -0.4 is 4.90 Å². The largest absolute Gasteiger partial charge is 0.372 e. The van der Waals surface area contributed by atoms with E-state index in [-0.39, 0.29) is 0 Å². The van der Waals surface area contributed by atoms with Crippen molar-refractivity contribution >= 4 is 11.4 Å². The van der Waals surface area contributed by atoms with Crippen molar-refractivity contribution in [2.24, 2.45) is 5.11 Å². The molecule has 0 spiro atoms. The minimum absolute atomic E-state index is 0.772. The van der Waals surface area contributed by atoms with Gasteiger partial charge in [0, 0.05) is 18.8 Å². The van der Waals surface area contributed by atoms with E-state index in [1.807, 2.05) is 12.1 Å². The Bertz CT molecular complexity index is 614. The molecular weight excluding hydrogens is 294 g/mol. The zero-order valence-electron chi connectivity index (χ0n) is 15.0. The SMILES string of the molecule is CCCCN(CCCC)c1ccc(N=N)c(Cc2ccccc2)c1. The van der Waals surface area contributed by atoms with Gasteiger partial charge >= 0.3 is 0 Å². The van der Waals surface area contributed by atoms with Crippen LogP contribution in [0.1, 0.15) is 50.7 Å². The molecule has 3 nitrogen and oxygen atoms in total. The van der Waals surface area contributed by atoms with Gasteiger partial charge in [0.1, 0.15) is 0 Å². The molecule has 0 aliphatic heterocycles. The van der Waals surface area contributed by atoms with E-state index in [9.17, 15) is 0 Å². The van der Waals surface area contributed by atoms with E-state index in [2.05, 4.69) is 60.3 Å². The molecule has 2 aromatic rings. The van der Waals surface area contributed by atoms with Crippen molar-refractivity contribution in [3.63, 3.8) is 0 Å². The molecule has 0 radical (unpaired) electrons. The molecule has 128 valence electrons. The number of benzene rings is 2. The van der Waals surface area contributed by atoms with E-state index in [0.29, 0.717) is 0 Å². The lowest BCUT2D eigenvalue weighted by Crippen LogP contribution is -2.25. The number of hydrogen-bond donors (Lipinski definition) is 1. The van der Waals surface area contributed by atoms with Crippen molar-refractivity contribution < 1.29 is 0 Å². The molecule has 0 unspecified atom stereocenters. The maximum absolute atomic E-state index is 7.46. The van der Waals surface area contributed by atoms with Crippen LogP contribution in [0.5, 0.6) is 0 Å². The number of nitrogens with one attached hydrogen (secondary N) is 1. The van der Waals surface area contributed by atoms with Crippen LogP contribution in [-0.2, 0) is 6.42 Å². The summed E-state index contributed by atoms with van der Waals surface area (Å²) < 4.78 is 0. The first-order chi connectivity index (χ1) is 11.8. The second-order valence-corrected chi connectivity index (χ2v) is 6.28. The molecule has 0 saturated heterocycles. The number of unbranched alkanes of at least 4 members (excludes halogenated alkanes) is 2. The van der Waals surface area contributed by atoms with Crippen LogP contribution in [0.2, 0.25) is 0 Å². The minimum atomic E-state index is 0.772. The number of hydrogen-bond acceptors (Lipinski definition) is 3. The highest BCUT2D eigenvalue weighted by molar-refractivity contribution is 5.59. The summed E-state index contributed by atoms with van der Waals surface area (Å²) in [4.78, 5) is 2.48. The Morgan fingerprint density at radius 3 is 2.17 bits per heavy atom. The van der Waals surface area contributed by atoms with E-state index in [1.165, 1.54) is 36.9 Å². The molecule has 3 heteroatoms. The summed E-state index contributed by atoms with van der Waals surface area (Å²) in [6.45, 7) is 6.67. The average Bonchev–Trinajstić information content (AvgIpc) is 2.63. The van der Waals surface area contributed by atoms with E-state index >= 15 is 0 Å². The summed E-state index contributed by atoms with van der Waals surface area (Å²) in [5.74, 6) is 0. The number of rotatable bonds is 10. The molecule has 0 aliphatic carbocycles. The molecule has 0 aromatic heterocycles. The van der Waals surface area contributed by atoms with E-state index in [0.717, 1.165) is 30.8 Å². The normalized spacial score (nSPS) is 10.6. The van der Waals surface area contributed by atoms with Crippen molar-refractivity contribution in [2.75, 3.05) is 18.0 Å². The smallest absolute Gasteiger partial charge is 0.0886 e. The minimum Gasteiger partial charge on any atom is -0.372 e. The second kappa shape index (κ2) is 9.86. The monoisotopic (exact) mass is 323 g/mol. The molecule has 0 atom stereocenters. The van der Waals surface area contributed by atoms with E-state index in [1.54, 1.807) is 0 Å². The summed E-state index contributed by atoms with van der Waals surface area (Å²) in [5.41, 5.74) is 11.9. The average molecular weight is 323 g/mol. The Morgan fingerprint density at radius 2 is 1.58 bits per heavy atom. The van der Waals surface area contributed by atoms with Crippen molar-refractivity contribution in [3.8, 4) is 0 Å². The van der Waals surface area contributed by atoms with E-state index < -0.39 is 0 Å². The van der Waals surface area contributed by atoms with Crippen molar-refractivity contribution in [3.05, 3.63) is 59.7 Å². The van der Waals surface area contributed by atoms with Crippen LogP contribution in [0, 0.1) is 5.53 Å². The third-order valence-corrected chi connectivity index (χ3v) is 4.35. The fraction of sp³-hybridized carbons (Fsp3) is 0.429. The van der Waals surface area contributed by atoms with Crippen LogP contribution in [0.4, 0.5) is 11.4 Å². The van der Waals surface area contributed by atoms with Crippen molar-refractivity contribution in [1.29, 1.82) is 5.53 Å². The van der Waals surface area contributed by atoms with Gasteiger partial charge in [-0.3, -0.25) is 0 Å². The zero-order chi connectivity index (χ0) is 17.2. The maximum atomic E-state index is 7.46. The topological polar surface area (TPSA) is 39.5 Å². The van der Waals surface area contributed by atoms with Gasteiger partial charge in [-0.1, -0.05) is 57.0 Å². The predicted octanol–water partition coefficient (Wildman–Crippen LogP) is 6.35. The first-order valence-electron chi connectivity index (χ1n) is 9.07. The van der Waals surface area contributed by atoms with Gasteiger partial charge in [0.25, 0.3) is 0 Å². The fourth-order valence-electron chi connectivity index (χ4n) is 2.90. The first-order valence-corrected chi connectivity index (χ1v) is 9.07. The van der Waals surface area contributed by atoms with Gasteiger partial charge in [0.05, 0.1) is 5.69 Å². The second-order valence-electron chi connectivity index (χ2n) is 6.28. The first kappa shape index (κ1) is 18.2. The lowest BCUT2D eigenvalue weighted by Gasteiger charge is -2.25. The van der Waals surface area contributed by atoms with Gasteiger partial charge in [-0.05, 0) is 48.6 Å². The highest BCUT2D eigenvalue weighted by atomic mass is 15.1. The predicted molar refractivity (Wildman–Crippen MR) is 103 cm³/mol. The van der Waals surface area contributed by atoms with E-state index in [4.69, 9.17) is 5.53 Å². The highest BCUT2D eigenvalue weighted by Gasteiger charge is 2.10.